The van der Waals surface area contributed by atoms with Gasteiger partial charge >= 0.3 is 0 Å². The molecule has 1 amide bonds. The first-order chi connectivity index (χ1) is 8.11. The molecule has 0 aromatic carbocycles. The molecule has 2 rings (SSSR count). The number of pyridine rings is 1. The normalized spacial score (nSPS) is 14.8. The number of aromatic nitrogens is 1. The number of nitrogens with zero attached hydrogens (tertiary/aromatic N) is 1. The largest absolute Gasteiger partial charge is 0.489 e. The maximum atomic E-state index is 11.7. The summed E-state index contributed by atoms with van der Waals surface area (Å²) >= 11 is 0. The van der Waals surface area contributed by atoms with Crippen LogP contribution in [0.4, 0.5) is 0 Å². The van der Waals surface area contributed by atoms with Gasteiger partial charge in [0.2, 0.25) is 0 Å². The van der Waals surface area contributed by atoms with Crippen LogP contribution in [-0.4, -0.2) is 24.0 Å². The van der Waals surface area contributed by atoms with Gasteiger partial charge in [0, 0.05) is 25.0 Å². The molecule has 1 aromatic heterocycles. The average molecular weight is 234 g/mol. The van der Waals surface area contributed by atoms with Crippen LogP contribution in [0.25, 0.3) is 0 Å². The number of nitrogens with one attached hydrogen (secondary N) is 1. The molecule has 0 bridgehead atoms. The van der Waals surface area contributed by atoms with Crippen molar-refractivity contribution in [2.24, 2.45) is 0 Å². The van der Waals surface area contributed by atoms with E-state index >= 15 is 0 Å². The van der Waals surface area contributed by atoms with Gasteiger partial charge in [-0.2, -0.15) is 0 Å². The van der Waals surface area contributed by atoms with Crippen molar-refractivity contribution >= 4 is 5.91 Å². The standard InChI is InChI=1S/C13H18N2O2/c1-8(2)11-6-12(17-9-4-5-9)10(7-15-11)13(16)14-3/h6-9H,4-5H2,1-3H3,(H,14,16). The number of carbonyl (C=O) groups is 1. The van der Waals surface area contributed by atoms with Crippen LogP contribution in [-0.2, 0) is 0 Å². The van der Waals surface area contributed by atoms with E-state index in [0.717, 1.165) is 18.5 Å². The predicted molar refractivity (Wildman–Crippen MR) is 65.4 cm³/mol. The second kappa shape index (κ2) is 4.73. The van der Waals surface area contributed by atoms with Crippen LogP contribution in [0, 0.1) is 0 Å². The van der Waals surface area contributed by atoms with Gasteiger partial charge in [-0.25, -0.2) is 0 Å². The molecular formula is C13H18N2O2. The van der Waals surface area contributed by atoms with Crippen LogP contribution >= 0.6 is 0 Å². The van der Waals surface area contributed by atoms with Gasteiger partial charge < -0.3 is 10.1 Å². The Labute approximate surface area is 101 Å². The Balaban J connectivity index is 2.32. The summed E-state index contributed by atoms with van der Waals surface area (Å²) in [7, 11) is 1.61. The number of hydrogen-bond donors (Lipinski definition) is 1. The Hall–Kier alpha value is -1.58. The zero-order valence-electron chi connectivity index (χ0n) is 10.5. The molecular weight excluding hydrogens is 216 g/mol. The number of carbonyl (C=O) groups excluding carboxylic acids is 1. The van der Waals surface area contributed by atoms with E-state index in [1.165, 1.54) is 0 Å². The third-order valence-corrected chi connectivity index (χ3v) is 2.77. The van der Waals surface area contributed by atoms with Crippen molar-refractivity contribution in [1.82, 2.24) is 10.3 Å². The highest BCUT2D eigenvalue weighted by atomic mass is 16.5. The lowest BCUT2D eigenvalue weighted by Crippen LogP contribution is -2.20. The molecule has 1 aliphatic carbocycles. The number of amides is 1. The van der Waals surface area contributed by atoms with Crippen LogP contribution in [0.5, 0.6) is 5.75 Å². The summed E-state index contributed by atoms with van der Waals surface area (Å²) in [5.74, 6) is 0.837. The van der Waals surface area contributed by atoms with E-state index in [1.54, 1.807) is 13.2 Å². The maximum absolute atomic E-state index is 11.7. The molecule has 1 heterocycles. The average Bonchev–Trinajstić information content (AvgIpc) is 3.11. The number of rotatable bonds is 4. The van der Waals surface area contributed by atoms with E-state index in [2.05, 4.69) is 24.1 Å². The summed E-state index contributed by atoms with van der Waals surface area (Å²) in [6, 6.07) is 1.88. The quantitative estimate of drug-likeness (QED) is 0.868. The summed E-state index contributed by atoms with van der Waals surface area (Å²) in [6.07, 6.45) is 4.03. The van der Waals surface area contributed by atoms with Crippen molar-refractivity contribution in [1.29, 1.82) is 0 Å². The van der Waals surface area contributed by atoms with E-state index < -0.39 is 0 Å². The van der Waals surface area contributed by atoms with Crippen molar-refractivity contribution < 1.29 is 9.53 Å². The first kappa shape index (κ1) is 11.9. The Kier molecular flexibility index (Phi) is 3.31. The van der Waals surface area contributed by atoms with Crippen LogP contribution in [0.15, 0.2) is 12.3 Å². The first-order valence-electron chi connectivity index (χ1n) is 6.00. The van der Waals surface area contributed by atoms with Gasteiger partial charge in [-0.3, -0.25) is 9.78 Å². The Morgan fingerprint density at radius 2 is 2.24 bits per heavy atom. The summed E-state index contributed by atoms with van der Waals surface area (Å²) in [5.41, 5.74) is 1.47. The second-order valence-electron chi connectivity index (χ2n) is 4.66. The van der Waals surface area contributed by atoms with Crippen LogP contribution in [0.1, 0.15) is 48.7 Å². The molecule has 0 unspecified atom stereocenters. The minimum Gasteiger partial charge on any atom is -0.489 e. The summed E-state index contributed by atoms with van der Waals surface area (Å²) < 4.78 is 5.77. The van der Waals surface area contributed by atoms with Crippen LogP contribution in [0.3, 0.4) is 0 Å². The highest BCUT2D eigenvalue weighted by Gasteiger charge is 2.26. The number of ether oxygens (including phenoxy) is 1. The fraction of sp³-hybridized carbons (Fsp3) is 0.538. The topological polar surface area (TPSA) is 51.2 Å². The number of hydrogen-bond acceptors (Lipinski definition) is 3. The summed E-state index contributed by atoms with van der Waals surface area (Å²) in [5, 5.41) is 2.61. The lowest BCUT2D eigenvalue weighted by atomic mass is 10.1. The van der Waals surface area contributed by atoms with Crippen molar-refractivity contribution in [3.8, 4) is 5.75 Å². The molecule has 4 nitrogen and oxygen atoms in total. The molecule has 1 N–H and O–H groups in total. The molecule has 1 saturated carbocycles. The summed E-state index contributed by atoms with van der Waals surface area (Å²) in [4.78, 5) is 16.0. The van der Waals surface area contributed by atoms with Gasteiger partial charge in [0.15, 0.2) is 0 Å². The monoisotopic (exact) mass is 234 g/mol. The second-order valence-corrected chi connectivity index (χ2v) is 4.66. The zero-order chi connectivity index (χ0) is 12.4. The Bertz CT molecular complexity index is 425. The first-order valence-corrected chi connectivity index (χ1v) is 6.00. The van der Waals surface area contributed by atoms with E-state index in [9.17, 15) is 4.79 Å². The van der Waals surface area contributed by atoms with Gasteiger partial charge in [0.05, 0.1) is 11.7 Å². The fourth-order valence-electron chi connectivity index (χ4n) is 1.54. The molecule has 1 fully saturated rings. The molecule has 1 aromatic rings. The summed E-state index contributed by atoms with van der Waals surface area (Å²) in [6.45, 7) is 4.14. The lowest BCUT2D eigenvalue weighted by Gasteiger charge is -2.12. The van der Waals surface area contributed by atoms with Crippen molar-refractivity contribution in [2.45, 2.75) is 38.7 Å². The molecule has 17 heavy (non-hydrogen) atoms. The smallest absolute Gasteiger partial charge is 0.256 e. The van der Waals surface area contributed by atoms with Crippen LogP contribution < -0.4 is 10.1 Å². The third-order valence-electron chi connectivity index (χ3n) is 2.77. The fourth-order valence-corrected chi connectivity index (χ4v) is 1.54. The third kappa shape index (κ3) is 2.75. The molecule has 0 aliphatic heterocycles. The highest BCUT2D eigenvalue weighted by Crippen LogP contribution is 2.30. The molecule has 0 saturated heterocycles. The highest BCUT2D eigenvalue weighted by molar-refractivity contribution is 5.96. The van der Waals surface area contributed by atoms with Gasteiger partial charge in [0.1, 0.15) is 5.75 Å². The van der Waals surface area contributed by atoms with E-state index in [-0.39, 0.29) is 12.0 Å². The van der Waals surface area contributed by atoms with E-state index in [0.29, 0.717) is 17.2 Å². The molecule has 1 aliphatic rings. The zero-order valence-corrected chi connectivity index (χ0v) is 10.5. The SMILES string of the molecule is CNC(=O)c1cnc(C(C)C)cc1OC1CC1. The van der Waals surface area contributed by atoms with Gasteiger partial charge in [0.25, 0.3) is 5.91 Å². The van der Waals surface area contributed by atoms with Gasteiger partial charge in [-0.1, -0.05) is 13.8 Å². The molecule has 0 atom stereocenters. The Morgan fingerprint density at radius 1 is 1.53 bits per heavy atom. The lowest BCUT2D eigenvalue weighted by molar-refractivity contribution is 0.0958. The molecule has 0 spiro atoms. The van der Waals surface area contributed by atoms with E-state index in [1.807, 2.05) is 6.07 Å². The van der Waals surface area contributed by atoms with Crippen molar-refractivity contribution in [3.63, 3.8) is 0 Å². The minimum atomic E-state index is -0.150. The minimum absolute atomic E-state index is 0.150. The molecule has 92 valence electrons. The Morgan fingerprint density at radius 3 is 2.76 bits per heavy atom. The van der Waals surface area contributed by atoms with Crippen molar-refractivity contribution in [2.75, 3.05) is 7.05 Å². The maximum Gasteiger partial charge on any atom is 0.256 e. The van der Waals surface area contributed by atoms with Crippen molar-refractivity contribution in [3.05, 3.63) is 23.5 Å². The van der Waals surface area contributed by atoms with Gasteiger partial charge in [-0.05, 0) is 18.8 Å². The predicted octanol–water partition coefficient (Wildman–Crippen LogP) is 2.11. The van der Waals surface area contributed by atoms with E-state index in [4.69, 9.17) is 4.74 Å². The van der Waals surface area contributed by atoms with Gasteiger partial charge in [-0.15, -0.1) is 0 Å². The molecule has 4 heteroatoms. The molecule has 0 radical (unpaired) electrons. The van der Waals surface area contributed by atoms with Crippen LogP contribution in [0.2, 0.25) is 0 Å².